The van der Waals surface area contributed by atoms with Crippen LogP contribution in [0.15, 0.2) is 60.2 Å². The van der Waals surface area contributed by atoms with Crippen molar-refractivity contribution in [3.8, 4) is 5.75 Å². The van der Waals surface area contributed by atoms with E-state index in [-0.39, 0.29) is 10.5 Å². The molecule has 0 amide bonds. The molecule has 0 spiro atoms. The lowest BCUT2D eigenvalue weighted by Crippen LogP contribution is -2.40. The number of sulfone groups is 1. The molecule has 2 aromatic carbocycles. The summed E-state index contributed by atoms with van der Waals surface area (Å²) in [7, 11) is -3.62. The van der Waals surface area contributed by atoms with Crippen LogP contribution in [0.25, 0.3) is 4.91 Å². The van der Waals surface area contributed by atoms with E-state index in [4.69, 9.17) is 0 Å². The molecule has 1 saturated heterocycles. The Hall–Kier alpha value is -2.32. The smallest absolute Gasteiger partial charge is 0.406 e. The van der Waals surface area contributed by atoms with Crippen LogP contribution in [-0.4, -0.2) is 39.0 Å². The Kier molecular flexibility index (Phi) is 5.30. The fraction of sp³-hybridized carbons (Fsp3) is 0.263. The monoisotopic (exact) mass is 397 g/mol. The fourth-order valence-electron chi connectivity index (χ4n) is 3.11. The molecule has 3 rings (SSSR count). The summed E-state index contributed by atoms with van der Waals surface area (Å²) in [5, 5.41) is 0. The minimum atomic E-state index is -4.83. The summed E-state index contributed by atoms with van der Waals surface area (Å²) in [6.45, 7) is 1.57. The van der Waals surface area contributed by atoms with Gasteiger partial charge in [0, 0.05) is 25.9 Å². The minimum Gasteiger partial charge on any atom is -0.406 e. The van der Waals surface area contributed by atoms with Gasteiger partial charge in [0.15, 0.2) is 9.84 Å². The Morgan fingerprint density at radius 3 is 2.33 bits per heavy atom. The molecule has 0 radical (unpaired) electrons. The lowest BCUT2D eigenvalue weighted by molar-refractivity contribution is -0.274. The highest BCUT2D eigenvalue weighted by atomic mass is 32.2. The van der Waals surface area contributed by atoms with Crippen LogP contribution in [0, 0.1) is 0 Å². The molecule has 0 aliphatic carbocycles. The average molecular weight is 397 g/mol. The summed E-state index contributed by atoms with van der Waals surface area (Å²) in [5.41, 5.74) is 1.99. The SMILES string of the molecule is CS(=O)(=O)C(=C1CN(Cc2ccccc2)C1)c1cccc(OC(F)(F)F)c1. The van der Waals surface area contributed by atoms with Gasteiger partial charge in [-0.3, -0.25) is 4.90 Å². The summed E-state index contributed by atoms with van der Waals surface area (Å²) < 4.78 is 65.8. The molecule has 8 heteroatoms. The molecule has 0 N–H and O–H groups in total. The van der Waals surface area contributed by atoms with Crippen LogP contribution in [0.3, 0.4) is 0 Å². The van der Waals surface area contributed by atoms with Crippen molar-refractivity contribution >= 4 is 14.7 Å². The Morgan fingerprint density at radius 1 is 1.07 bits per heavy atom. The lowest BCUT2D eigenvalue weighted by atomic mass is 10.0. The van der Waals surface area contributed by atoms with Gasteiger partial charge in [-0.2, -0.15) is 0 Å². The number of benzene rings is 2. The Balaban J connectivity index is 1.84. The zero-order chi connectivity index (χ0) is 19.7. The topological polar surface area (TPSA) is 46.6 Å². The Bertz CT molecular complexity index is 946. The first-order valence-electron chi connectivity index (χ1n) is 8.16. The average Bonchev–Trinajstić information content (AvgIpc) is 2.51. The first kappa shape index (κ1) is 19.4. The highest BCUT2D eigenvalue weighted by molar-refractivity contribution is 8.00. The first-order valence-corrected chi connectivity index (χ1v) is 10.1. The molecule has 1 heterocycles. The second-order valence-electron chi connectivity index (χ2n) is 6.41. The van der Waals surface area contributed by atoms with Gasteiger partial charge in [-0.25, -0.2) is 8.42 Å². The standard InChI is InChI=1S/C19H18F3NO3S/c1-27(24,25)18(15-8-5-9-17(10-15)26-19(20,21)22)16-12-23(13-16)11-14-6-3-2-4-7-14/h2-10H,11-13H2,1H3. The number of likely N-dealkylation sites (tertiary alicyclic amines) is 1. The predicted octanol–water partition coefficient (Wildman–Crippen LogP) is 3.86. The van der Waals surface area contributed by atoms with E-state index >= 15 is 0 Å². The molecule has 4 nitrogen and oxygen atoms in total. The molecule has 0 unspecified atom stereocenters. The minimum absolute atomic E-state index is 0.0689. The summed E-state index contributed by atoms with van der Waals surface area (Å²) in [5.74, 6) is -0.442. The van der Waals surface area contributed by atoms with Crippen molar-refractivity contribution in [2.24, 2.45) is 0 Å². The number of rotatable bonds is 5. The maximum Gasteiger partial charge on any atom is 0.573 e. The van der Waals surface area contributed by atoms with Crippen molar-refractivity contribution in [3.05, 3.63) is 71.3 Å². The third-order valence-electron chi connectivity index (χ3n) is 4.10. The van der Waals surface area contributed by atoms with Gasteiger partial charge in [0.2, 0.25) is 0 Å². The molecule has 0 bridgehead atoms. The number of alkyl halides is 3. The van der Waals surface area contributed by atoms with E-state index in [1.54, 1.807) is 0 Å². The van der Waals surface area contributed by atoms with Gasteiger partial charge in [-0.05, 0) is 28.8 Å². The van der Waals surface area contributed by atoms with Crippen LogP contribution in [-0.2, 0) is 16.4 Å². The normalized spacial score (nSPS) is 15.3. The second-order valence-corrected chi connectivity index (χ2v) is 8.36. The molecule has 0 aromatic heterocycles. The van der Waals surface area contributed by atoms with Gasteiger partial charge in [-0.15, -0.1) is 13.2 Å². The van der Waals surface area contributed by atoms with E-state index in [2.05, 4.69) is 9.64 Å². The van der Waals surface area contributed by atoms with E-state index in [0.717, 1.165) is 24.0 Å². The van der Waals surface area contributed by atoms with Crippen LogP contribution in [0.2, 0.25) is 0 Å². The summed E-state index contributed by atoms with van der Waals surface area (Å²) in [4.78, 5) is 2.13. The van der Waals surface area contributed by atoms with Crippen molar-refractivity contribution in [2.45, 2.75) is 12.9 Å². The molecular weight excluding hydrogens is 379 g/mol. The van der Waals surface area contributed by atoms with E-state index in [0.29, 0.717) is 25.2 Å². The summed E-state index contributed by atoms with van der Waals surface area (Å²) in [6, 6.07) is 14.8. The maximum atomic E-state index is 12.4. The van der Waals surface area contributed by atoms with Crippen molar-refractivity contribution in [1.82, 2.24) is 4.90 Å². The predicted molar refractivity (Wildman–Crippen MR) is 96.6 cm³/mol. The second kappa shape index (κ2) is 7.36. The van der Waals surface area contributed by atoms with Crippen LogP contribution in [0.4, 0.5) is 13.2 Å². The van der Waals surface area contributed by atoms with Gasteiger partial charge in [-0.1, -0.05) is 42.5 Å². The van der Waals surface area contributed by atoms with E-state index in [1.807, 2.05) is 30.3 Å². The molecule has 1 aliphatic heterocycles. The van der Waals surface area contributed by atoms with Crippen LogP contribution >= 0.6 is 0 Å². The van der Waals surface area contributed by atoms with Crippen LogP contribution in [0.1, 0.15) is 11.1 Å². The highest BCUT2D eigenvalue weighted by Gasteiger charge is 2.32. The van der Waals surface area contributed by atoms with E-state index in [9.17, 15) is 21.6 Å². The number of hydrogen-bond donors (Lipinski definition) is 0. The van der Waals surface area contributed by atoms with Crippen LogP contribution in [0.5, 0.6) is 5.75 Å². The van der Waals surface area contributed by atoms with Crippen molar-refractivity contribution in [3.63, 3.8) is 0 Å². The quantitative estimate of drug-likeness (QED) is 0.769. The highest BCUT2D eigenvalue weighted by Crippen LogP contribution is 2.33. The summed E-state index contributed by atoms with van der Waals surface area (Å²) in [6.07, 6.45) is -3.77. The Morgan fingerprint density at radius 2 is 1.74 bits per heavy atom. The van der Waals surface area contributed by atoms with E-state index < -0.39 is 21.9 Å². The molecule has 2 aromatic rings. The molecular formula is C19H18F3NO3S. The molecule has 144 valence electrons. The molecule has 0 saturated carbocycles. The van der Waals surface area contributed by atoms with Crippen molar-refractivity contribution in [2.75, 3.05) is 19.3 Å². The number of halogens is 3. The maximum absolute atomic E-state index is 12.4. The zero-order valence-corrected chi connectivity index (χ0v) is 15.3. The third kappa shape index (κ3) is 5.11. The molecule has 27 heavy (non-hydrogen) atoms. The van der Waals surface area contributed by atoms with Gasteiger partial charge < -0.3 is 4.74 Å². The van der Waals surface area contributed by atoms with Gasteiger partial charge in [0.25, 0.3) is 0 Å². The number of nitrogens with zero attached hydrogens (tertiary/aromatic N) is 1. The zero-order valence-electron chi connectivity index (χ0n) is 14.5. The fourth-order valence-corrected chi connectivity index (χ4v) is 4.31. The summed E-state index contributed by atoms with van der Waals surface area (Å²) >= 11 is 0. The molecule has 0 atom stereocenters. The van der Waals surface area contributed by atoms with E-state index in [1.165, 1.54) is 12.1 Å². The molecule has 1 fully saturated rings. The van der Waals surface area contributed by atoms with Gasteiger partial charge in [0.05, 0.1) is 4.91 Å². The van der Waals surface area contributed by atoms with Gasteiger partial charge >= 0.3 is 6.36 Å². The van der Waals surface area contributed by atoms with Gasteiger partial charge in [0.1, 0.15) is 5.75 Å². The van der Waals surface area contributed by atoms with Crippen molar-refractivity contribution in [1.29, 1.82) is 0 Å². The third-order valence-corrected chi connectivity index (χ3v) is 5.37. The van der Waals surface area contributed by atoms with Crippen molar-refractivity contribution < 1.29 is 26.3 Å². The number of hydrogen-bond acceptors (Lipinski definition) is 4. The first-order chi connectivity index (χ1) is 12.6. The van der Waals surface area contributed by atoms with Crippen LogP contribution < -0.4 is 4.74 Å². The number of ether oxygens (including phenoxy) is 1. The largest absolute Gasteiger partial charge is 0.573 e. The molecule has 1 aliphatic rings. The Labute approximate surface area is 155 Å². The lowest BCUT2D eigenvalue weighted by Gasteiger charge is -2.35.